The average molecular weight is 232 g/mol. The van der Waals surface area contributed by atoms with E-state index in [9.17, 15) is 0 Å². The zero-order valence-corrected chi connectivity index (χ0v) is 10.2. The van der Waals surface area contributed by atoms with E-state index in [0.717, 1.165) is 18.5 Å². The molecule has 0 bridgehead atoms. The molecule has 1 aromatic carbocycles. The number of anilines is 1. The zero-order chi connectivity index (χ0) is 12.1. The van der Waals surface area contributed by atoms with Crippen molar-refractivity contribution in [2.75, 3.05) is 5.32 Å². The maximum Gasteiger partial charge on any atom is 0.210 e. The minimum absolute atomic E-state index is 0.451. The maximum atomic E-state index is 5.48. The van der Waals surface area contributed by atoms with Crippen molar-refractivity contribution in [2.24, 2.45) is 10.8 Å². The minimum atomic E-state index is 0.451. The van der Waals surface area contributed by atoms with Crippen molar-refractivity contribution in [2.45, 2.75) is 38.6 Å². The van der Waals surface area contributed by atoms with Gasteiger partial charge in [-0.05, 0) is 30.9 Å². The number of nitrogens with zero attached hydrogens (tertiary/aromatic N) is 1. The van der Waals surface area contributed by atoms with Crippen molar-refractivity contribution in [3.8, 4) is 0 Å². The molecule has 0 aliphatic heterocycles. The van der Waals surface area contributed by atoms with Crippen LogP contribution in [-0.2, 0) is 6.42 Å². The second-order valence-corrected chi connectivity index (χ2v) is 4.39. The number of aryl methyl sites for hydroxylation is 1. The summed E-state index contributed by atoms with van der Waals surface area (Å²) >= 11 is 0. The van der Waals surface area contributed by atoms with E-state index < -0.39 is 0 Å². The largest absolute Gasteiger partial charge is 0.325 e. The van der Waals surface area contributed by atoms with Crippen LogP contribution in [0.3, 0.4) is 0 Å². The smallest absolute Gasteiger partial charge is 0.210 e. The van der Waals surface area contributed by atoms with Crippen LogP contribution in [0.15, 0.2) is 29.3 Å². The fourth-order valence-corrected chi connectivity index (χ4v) is 1.75. The summed E-state index contributed by atoms with van der Waals surface area (Å²) in [6, 6.07) is 8.73. The lowest BCUT2D eigenvalue weighted by molar-refractivity contribution is 0.921. The Kier molecular flexibility index (Phi) is 3.98. The van der Waals surface area contributed by atoms with Gasteiger partial charge >= 0.3 is 0 Å². The van der Waals surface area contributed by atoms with Gasteiger partial charge < -0.3 is 5.32 Å². The topological polar surface area (TPSA) is 62.4 Å². The van der Waals surface area contributed by atoms with Crippen molar-refractivity contribution in [3.63, 3.8) is 0 Å². The van der Waals surface area contributed by atoms with E-state index in [1.807, 2.05) is 6.07 Å². The number of hydrazine groups is 1. The van der Waals surface area contributed by atoms with Gasteiger partial charge in [-0.2, -0.15) is 0 Å². The van der Waals surface area contributed by atoms with E-state index >= 15 is 0 Å². The first kappa shape index (κ1) is 11.9. The summed E-state index contributed by atoms with van der Waals surface area (Å²) in [4.78, 5) is 4.47. The van der Waals surface area contributed by atoms with Crippen LogP contribution in [0.1, 0.15) is 31.7 Å². The van der Waals surface area contributed by atoms with Gasteiger partial charge in [0.05, 0.1) is 6.04 Å². The molecule has 92 valence electrons. The number of hydrogen-bond acceptors (Lipinski definition) is 2. The molecule has 1 aliphatic carbocycles. The summed E-state index contributed by atoms with van der Waals surface area (Å²) in [7, 11) is 0. The van der Waals surface area contributed by atoms with Crippen LogP contribution in [0.25, 0.3) is 0 Å². The standard InChI is InChI=1S/C13H20N4/c1-2-5-10-6-3-4-7-12(10)16-13(17-14)15-11-8-9-11/h3-4,6-7,11H,2,5,8-9,14H2,1H3,(H2,15,16,17). The molecule has 17 heavy (non-hydrogen) atoms. The van der Waals surface area contributed by atoms with Crippen molar-refractivity contribution in [3.05, 3.63) is 29.8 Å². The molecule has 0 heterocycles. The molecule has 0 radical (unpaired) electrons. The second kappa shape index (κ2) is 5.68. The second-order valence-electron chi connectivity index (χ2n) is 4.39. The Balaban J connectivity index is 2.10. The molecule has 1 fully saturated rings. The first-order chi connectivity index (χ1) is 8.33. The van der Waals surface area contributed by atoms with Gasteiger partial charge in [0.2, 0.25) is 5.96 Å². The quantitative estimate of drug-likeness (QED) is 0.322. The van der Waals surface area contributed by atoms with Crippen molar-refractivity contribution in [1.29, 1.82) is 0 Å². The summed E-state index contributed by atoms with van der Waals surface area (Å²) in [6.45, 7) is 2.18. The summed E-state index contributed by atoms with van der Waals surface area (Å²) < 4.78 is 0. The highest BCUT2D eigenvalue weighted by Gasteiger charge is 2.21. The summed E-state index contributed by atoms with van der Waals surface area (Å²) in [5.74, 6) is 6.14. The Morgan fingerprint density at radius 1 is 1.41 bits per heavy atom. The molecule has 0 atom stereocenters. The number of nitrogens with two attached hydrogens (primary N) is 1. The molecule has 1 aliphatic rings. The van der Waals surface area contributed by atoms with E-state index in [1.54, 1.807) is 0 Å². The molecule has 1 aromatic rings. The number of rotatable bonds is 4. The number of hydrogen-bond donors (Lipinski definition) is 3. The average Bonchev–Trinajstić information content (AvgIpc) is 3.15. The maximum absolute atomic E-state index is 5.48. The lowest BCUT2D eigenvalue weighted by Gasteiger charge is -2.12. The molecular formula is C13H20N4. The normalized spacial score (nSPS) is 15.8. The van der Waals surface area contributed by atoms with Crippen LogP contribution >= 0.6 is 0 Å². The minimum Gasteiger partial charge on any atom is -0.325 e. The molecule has 2 rings (SSSR count). The van der Waals surface area contributed by atoms with Gasteiger partial charge in [-0.1, -0.05) is 31.5 Å². The van der Waals surface area contributed by atoms with Crippen LogP contribution in [0.5, 0.6) is 0 Å². The number of para-hydroxylation sites is 1. The fraction of sp³-hybridized carbons (Fsp3) is 0.462. The molecule has 0 unspecified atom stereocenters. The Morgan fingerprint density at radius 3 is 2.82 bits per heavy atom. The molecule has 4 nitrogen and oxygen atoms in total. The van der Waals surface area contributed by atoms with Crippen molar-refractivity contribution >= 4 is 11.6 Å². The summed E-state index contributed by atoms with van der Waals surface area (Å²) in [5.41, 5.74) is 5.02. The predicted octanol–water partition coefficient (Wildman–Crippen LogP) is 2.03. The number of benzene rings is 1. The number of guanidine groups is 1. The van der Waals surface area contributed by atoms with Gasteiger partial charge in [0.15, 0.2) is 0 Å². The van der Waals surface area contributed by atoms with E-state index in [0.29, 0.717) is 12.0 Å². The van der Waals surface area contributed by atoms with E-state index in [2.05, 4.69) is 40.9 Å². The lowest BCUT2D eigenvalue weighted by atomic mass is 10.1. The zero-order valence-electron chi connectivity index (χ0n) is 10.2. The van der Waals surface area contributed by atoms with Crippen LogP contribution in [0.2, 0.25) is 0 Å². The van der Waals surface area contributed by atoms with E-state index in [-0.39, 0.29) is 0 Å². The van der Waals surface area contributed by atoms with Gasteiger partial charge in [-0.25, -0.2) is 10.8 Å². The van der Waals surface area contributed by atoms with Gasteiger partial charge in [-0.15, -0.1) is 0 Å². The van der Waals surface area contributed by atoms with Gasteiger partial charge in [-0.3, -0.25) is 5.43 Å². The van der Waals surface area contributed by atoms with E-state index in [1.165, 1.54) is 18.4 Å². The third-order valence-corrected chi connectivity index (χ3v) is 2.79. The molecule has 4 heteroatoms. The first-order valence-corrected chi connectivity index (χ1v) is 6.22. The Morgan fingerprint density at radius 2 is 2.18 bits per heavy atom. The molecule has 0 amide bonds. The van der Waals surface area contributed by atoms with Crippen LogP contribution in [0.4, 0.5) is 5.69 Å². The Bertz CT molecular complexity index is 396. The summed E-state index contributed by atoms with van der Waals surface area (Å²) in [5, 5.41) is 3.27. The Hall–Kier alpha value is -1.55. The molecule has 0 spiro atoms. The predicted molar refractivity (Wildman–Crippen MR) is 71.8 cm³/mol. The first-order valence-electron chi connectivity index (χ1n) is 6.22. The van der Waals surface area contributed by atoms with Gasteiger partial charge in [0.1, 0.15) is 0 Å². The number of aliphatic imine (C=N–C) groups is 1. The SMILES string of the molecule is CCCc1ccccc1NC(=NC1CC1)NN. The lowest BCUT2D eigenvalue weighted by Crippen LogP contribution is -2.36. The highest BCUT2D eigenvalue weighted by molar-refractivity contribution is 5.94. The van der Waals surface area contributed by atoms with Crippen LogP contribution in [-0.4, -0.2) is 12.0 Å². The molecule has 0 aromatic heterocycles. The van der Waals surface area contributed by atoms with E-state index in [4.69, 9.17) is 5.84 Å². The van der Waals surface area contributed by atoms with Crippen LogP contribution in [0, 0.1) is 0 Å². The third kappa shape index (κ3) is 3.46. The highest BCUT2D eigenvalue weighted by atomic mass is 15.3. The van der Waals surface area contributed by atoms with Crippen LogP contribution < -0.4 is 16.6 Å². The molecular weight excluding hydrogens is 212 g/mol. The van der Waals surface area contributed by atoms with Gasteiger partial charge in [0.25, 0.3) is 0 Å². The Labute approximate surface area is 102 Å². The van der Waals surface area contributed by atoms with Gasteiger partial charge in [0, 0.05) is 5.69 Å². The summed E-state index contributed by atoms with van der Waals surface area (Å²) in [6.07, 6.45) is 4.53. The third-order valence-electron chi connectivity index (χ3n) is 2.79. The monoisotopic (exact) mass is 232 g/mol. The molecule has 1 saturated carbocycles. The molecule has 4 N–H and O–H groups in total. The number of nitrogens with one attached hydrogen (secondary N) is 2. The highest BCUT2D eigenvalue weighted by Crippen LogP contribution is 2.24. The van der Waals surface area contributed by atoms with Crippen molar-refractivity contribution in [1.82, 2.24) is 5.43 Å². The molecule has 0 saturated heterocycles. The fourth-order valence-electron chi connectivity index (χ4n) is 1.75. The van der Waals surface area contributed by atoms with Crippen molar-refractivity contribution < 1.29 is 0 Å².